The predicted octanol–water partition coefficient (Wildman–Crippen LogP) is 3.67. The van der Waals surface area contributed by atoms with Crippen molar-refractivity contribution in [1.82, 2.24) is 0 Å². The second-order valence-corrected chi connectivity index (χ2v) is 4.83. The van der Waals surface area contributed by atoms with Crippen molar-refractivity contribution < 1.29 is 9.53 Å². The van der Waals surface area contributed by atoms with E-state index in [9.17, 15) is 4.79 Å². The number of esters is 1. The topological polar surface area (TPSA) is 41.6 Å². The van der Waals surface area contributed by atoms with E-state index >= 15 is 0 Å². The van der Waals surface area contributed by atoms with Crippen LogP contribution in [0.2, 0.25) is 0 Å². The number of nitrogens with one attached hydrogen (secondary N) is 1. The van der Waals surface area contributed by atoms with Crippen LogP contribution in [0.25, 0.3) is 0 Å². The van der Waals surface area contributed by atoms with E-state index in [1.165, 1.54) is 0 Å². The number of hydrogen-bond acceptors (Lipinski definition) is 4. The summed E-state index contributed by atoms with van der Waals surface area (Å²) >= 11 is 0. The van der Waals surface area contributed by atoms with Crippen LogP contribution in [0.3, 0.4) is 0 Å². The van der Waals surface area contributed by atoms with Crippen LogP contribution in [0.5, 0.6) is 0 Å². The van der Waals surface area contributed by atoms with Gasteiger partial charge in [0.15, 0.2) is 0 Å². The Hall–Kier alpha value is -2.49. The molecule has 0 unspecified atom stereocenters. The third kappa shape index (κ3) is 3.75. The summed E-state index contributed by atoms with van der Waals surface area (Å²) in [4.78, 5) is 14.0. The molecule has 0 aliphatic rings. The van der Waals surface area contributed by atoms with Crippen LogP contribution in [-0.2, 0) is 4.74 Å². The van der Waals surface area contributed by atoms with Gasteiger partial charge >= 0.3 is 5.97 Å². The summed E-state index contributed by atoms with van der Waals surface area (Å²) in [7, 11) is 4.00. The second-order valence-electron chi connectivity index (χ2n) is 4.83. The average molecular weight is 284 g/mol. The largest absolute Gasteiger partial charge is 0.462 e. The number of para-hydroxylation sites is 1. The molecule has 0 aliphatic heterocycles. The average Bonchev–Trinajstić information content (AvgIpc) is 2.48. The second kappa shape index (κ2) is 6.79. The van der Waals surface area contributed by atoms with Gasteiger partial charge in [-0.3, -0.25) is 0 Å². The lowest BCUT2D eigenvalue weighted by atomic mass is 10.1. The third-order valence-electron chi connectivity index (χ3n) is 3.09. The van der Waals surface area contributed by atoms with Crippen molar-refractivity contribution in [3.05, 3.63) is 54.1 Å². The minimum Gasteiger partial charge on any atom is -0.462 e. The molecule has 0 radical (unpaired) electrons. The molecule has 4 nitrogen and oxygen atoms in total. The molecule has 0 fully saturated rings. The fourth-order valence-corrected chi connectivity index (χ4v) is 1.98. The maximum Gasteiger partial charge on any atom is 0.340 e. The Kier molecular flexibility index (Phi) is 4.82. The van der Waals surface area contributed by atoms with Gasteiger partial charge in [0.05, 0.1) is 17.9 Å². The molecule has 2 aromatic carbocycles. The van der Waals surface area contributed by atoms with Crippen LogP contribution in [-0.4, -0.2) is 26.7 Å². The summed E-state index contributed by atoms with van der Waals surface area (Å²) < 4.78 is 5.07. The van der Waals surface area contributed by atoms with E-state index in [2.05, 4.69) is 5.32 Å². The van der Waals surface area contributed by atoms with Gasteiger partial charge in [0.25, 0.3) is 0 Å². The van der Waals surface area contributed by atoms with Gasteiger partial charge in [0.1, 0.15) is 0 Å². The lowest BCUT2D eigenvalue weighted by Gasteiger charge is -2.14. The lowest BCUT2D eigenvalue weighted by Crippen LogP contribution is -2.09. The molecule has 2 rings (SSSR count). The number of hydrogen-bond donors (Lipinski definition) is 1. The summed E-state index contributed by atoms with van der Waals surface area (Å²) in [5.41, 5.74) is 3.33. The number of ether oxygens (including phenoxy) is 1. The number of carbonyl (C=O) groups excluding carboxylic acids is 1. The normalized spacial score (nSPS) is 10.0. The van der Waals surface area contributed by atoms with Crippen molar-refractivity contribution in [2.45, 2.75) is 6.92 Å². The molecular formula is C17H20N2O2. The molecule has 0 saturated carbocycles. The van der Waals surface area contributed by atoms with Crippen molar-refractivity contribution in [2.75, 3.05) is 30.9 Å². The molecule has 0 amide bonds. The van der Waals surface area contributed by atoms with E-state index in [-0.39, 0.29) is 5.97 Å². The summed E-state index contributed by atoms with van der Waals surface area (Å²) in [6, 6.07) is 15.4. The van der Waals surface area contributed by atoms with Gasteiger partial charge in [-0.1, -0.05) is 12.1 Å². The first kappa shape index (κ1) is 14.9. The van der Waals surface area contributed by atoms with Gasteiger partial charge < -0.3 is 15.0 Å². The highest BCUT2D eigenvalue weighted by atomic mass is 16.5. The number of carbonyl (C=O) groups is 1. The van der Waals surface area contributed by atoms with Gasteiger partial charge in [-0.05, 0) is 43.3 Å². The summed E-state index contributed by atoms with van der Waals surface area (Å²) in [5.74, 6) is -0.314. The maximum absolute atomic E-state index is 11.9. The standard InChI is InChI=1S/C17H20N2O2/c1-4-21-17(20)15-7-5-6-8-16(15)18-13-9-11-14(12-10-13)19(2)3/h5-12,18H,4H2,1-3H3. The first-order valence-corrected chi connectivity index (χ1v) is 6.92. The third-order valence-corrected chi connectivity index (χ3v) is 3.09. The molecular weight excluding hydrogens is 264 g/mol. The van der Waals surface area contributed by atoms with E-state index in [0.717, 1.165) is 17.1 Å². The molecule has 1 N–H and O–H groups in total. The van der Waals surface area contributed by atoms with Crippen molar-refractivity contribution in [2.24, 2.45) is 0 Å². The Morgan fingerprint density at radius 2 is 1.76 bits per heavy atom. The molecule has 0 aliphatic carbocycles. The molecule has 110 valence electrons. The Morgan fingerprint density at radius 3 is 2.38 bits per heavy atom. The van der Waals surface area contributed by atoms with Crippen LogP contribution in [0.1, 0.15) is 17.3 Å². The highest BCUT2D eigenvalue weighted by molar-refractivity contribution is 5.96. The van der Waals surface area contributed by atoms with Gasteiger partial charge in [-0.2, -0.15) is 0 Å². The van der Waals surface area contributed by atoms with Gasteiger partial charge in [-0.15, -0.1) is 0 Å². The lowest BCUT2D eigenvalue weighted by molar-refractivity contribution is 0.0527. The van der Waals surface area contributed by atoms with Crippen LogP contribution < -0.4 is 10.2 Å². The van der Waals surface area contributed by atoms with Crippen LogP contribution >= 0.6 is 0 Å². The summed E-state index contributed by atoms with van der Waals surface area (Å²) in [6.45, 7) is 2.17. The highest BCUT2D eigenvalue weighted by Gasteiger charge is 2.11. The summed E-state index contributed by atoms with van der Waals surface area (Å²) in [5, 5.41) is 3.26. The zero-order valence-electron chi connectivity index (χ0n) is 12.6. The molecule has 0 atom stereocenters. The Labute approximate surface area is 125 Å². The highest BCUT2D eigenvalue weighted by Crippen LogP contribution is 2.23. The van der Waals surface area contributed by atoms with E-state index in [0.29, 0.717) is 12.2 Å². The summed E-state index contributed by atoms with van der Waals surface area (Å²) in [6.07, 6.45) is 0. The van der Waals surface area contributed by atoms with E-state index in [1.807, 2.05) is 61.5 Å². The molecule has 4 heteroatoms. The molecule has 0 saturated heterocycles. The van der Waals surface area contributed by atoms with Crippen molar-refractivity contribution >= 4 is 23.0 Å². The van der Waals surface area contributed by atoms with Crippen LogP contribution in [0, 0.1) is 0 Å². The van der Waals surface area contributed by atoms with Crippen LogP contribution in [0.15, 0.2) is 48.5 Å². The first-order valence-electron chi connectivity index (χ1n) is 6.92. The van der Waals surface area contributed by atoms with Gasteiger partial charge in [-0.25, -0.2) is 4.79 Å². The zero-order valence-corrected chi connectivity index (χ0v) is 12.6. The Bertz CT molecular complexity index is 606. The predicted molar refractivity (Wildman–Crippen MR) is 86.5 cm³/mol. The Balaban J connectivity index is 2.21. The first-order chi connectivity index (χ1) is 10.1. The molecule has 2 aromatic rings. The molecule has 0 bridgehead atoms. The van der Waals surface area contributed by atoms with Crippen molar-refractivity contribution in [3.8, 4) is 0 Å². The molecule has 21 heavy (non-hydrogen) atoms. The maximum atomic E-state index is 11.9. The van der Waals surface area contributed by atoms with Crippen molar-refractivity contribution in [3.63, 3.8) is 0 Å². The number of anilines is 3. The number of benzene rings is 2. The van der Waals surface area contributed by atoms with E-state index < -0.39 is 0 Å². The minimum absolute atomic E-state index is 0.314. The van der Waals surface area contributed by atoms with Crippen LogP contribution in [0.4, 0.5) is 17.1 Å². The molecule has 0 spiro atoms. The minimum atomic E-state index is -0.314. The smallest absolute Gasteiger partial charge is 0.340 e. The monoisotopic (exact) mass is 284 g/mol. The van der Waals surface area contributed by atoms with Crippen molar-refractivity contribution in [1.29, 1.82) is 0 Å². The van der Waals surface area contributed by atoms with E-state index in [1.54, 1.807) is 13.0 Å². The number of rotatable bonds is 5. The quantitative estimate of drug-likeness (QED) is 0.851. The van der Waals surface area contributed by atoms with E-state index in [4.69, 9.17) is 4.74 Å². The molecule has 0 heterocycles. The van der Waals surface area contributed by atoms with Gasteiger partial charge in [0, 0.05) is 25.5 Å². The number of nitrogens with zero attached hydrogens (tertiary/aromatic N) is 1. The van der Waals surface area contributed by atoms with Gasteiger partial charge in [0.2, 0.25) is 0 Å². The zero-order chi connectivity index (χ0) is 15.2. The molecule has 0 aromatic heterocycles. The Morgan fingerprint density at radius 1 is 1.10 bits per heavy atom. The SMILES string of the molecule is CCOC(=O)c1ccccc1Nc1ccc(N(C)C)cc1. The fraction of sp³-hybridized carbons (Fsp3) is 0.235. The fourth-order valence-electron chi connectivity index (χ4n) is 1.98.